The number of carbonyl (C=O) groups is 1. The van der Waals surface area contributed by atoms with Crippen LogP contribution in [0, 0.1) is 12.7 Å². The van der Waals surface area contributed by atoms with Crippen LogP contribution in [0.15, 0.2) is 30.3 Å². The number of nitrogens with zero attached hydrogens (tertiary/aromatic N) is 2. The van der Waals surface area contributed by atoms with Crippen LogP contribution in [-0.2, 0) is 0 Å². The number of hydrogen-bond acceptors (Lipinski definition) is 4. The van der Waals surface area contributed by atoms with E-state index in [0.29, 0.717) is 23.0 Å². The summed E-state index contributed by atoms with van der Waals surface area (Å²) in [5, 5.41) is 6.06. The van der Waals surface area contributed by atoms with Gasteiger partial charge in [-0.05, 0) is 38.0 Å². The van der Waals surface area contributed by atoms with Crippen molar-refractivity contribution in [3.8, 4) is 0 Å². The van der Waals surface area contributed by atoms with Gasteiger partial charge in [-0.3, -0.25) is 4.79 Å². The normalized spacial score (nSPS) is 15.1. The molecular formula is C18H21FN4O. The molecule has 0 atom stereocenters. The van der Waals surface area contributed by atoms with Crippen molar-refractivity contribution in [3.05, 3.63) is 47.7 Å². The van der Waals surface area contributed by atoms with Gasteiger partial charge in [0.2, 0.25) is 0 Å². The number of aromatic nitrogens is 2. The molecule has 1 heterocycles. The first-order valence-electron chi connectivity index (χ1n) is 8.29. The number of nitrogens with one attached hydrogen (secondary N) is 2. The lowest BCUT2D eigenvalue weighted by Gasteiger charge is -2.22. The van der Waals surface area contributed by atoms with Gasteiger partial charge in [0.1, 0.15) is 23.2 Å². The predicted molar refractivity (Wildman–Crippen MR) is 90.8 cm³/mol. The third kappa shape index (κ3) is 4.28. The zero-order chi connectivity index (χ0) is 16.9. The fraction of sp³-hybridized carbons (Fsp3) is 0.389. The molecule has 24 heavy (non-hydrogen) atoms. The summed E-state index contributed by atoms with van der Waals surface area (Å²) in [6.45, 7) is 1.73. The summed E-state index contributed by atoms with van der Waals surface area (Å²) >= 11 is 0. The molecule has 5 nitrogen and oxygen atoms in total. The van der Waals surface area contributed by atoms with Gasteiger partial charge in [0.15, 0.2) is 0 Å². The quantitative estimate of drug-likeness (QED) is 0.897. The summed E-state index contributed by atoms with van der Waals surface area (Å²) < 4.78 is 13.3. The maximum Gasteiger partial charge on any atom is 0.270 e. The largest absolute Gasteiger partial charge is 0.348 e. The third-order valence-corrected chi connectivity index (χ3v) is 4.11. The van der Waals surface area contributed by atoms with Crippen LogP contribution in [0.5, 0.6) is 0 Å². The van der Waals surface area contributed by atoms with Crippen LogP contribution >= 0.6 is 0 Å². The van der Waals surface area contributed by atoms with E-state index in [-0.39, 0.29) is 17.8 Å². The number of benzene rings is 1. The van der Waals surface area contributed by atoms with Crippen LogP contribution in [0.4, 0.5) is 15.9 Å². The first-order valence-corrected chi connectivity index (χ1v) is 8.29. The summed E-state index contributed by atoms with van der Waals surface area (Å²) in [4.78, 5) is 20.9. The third-order valence-electron chi connectivity index (χ3n) is 4.11. The fourth-order valence-corrected chi connectivity index (χ4v) is 2.97. The standard InChI is InChI=1S/C18H21FN4O/c1-12-20-16(18(24)23-14-7-3-2-4-8-14)11-17(21-12)22-15-9-5-6-13(19)10-15/h5-6,9-11,14H,2-4,7-8H2,1H3,(H,23,24)(H,20,21,22). The van der Waals surface area contributed by atoms with Crippen molar-refractivity contribution in [3.63, 3.8) is 0 Å². The average molecular weight is 328 g/mol. The van der Waals surface area contributed by atoms with Gasteiger partial charge >= 0.3 is 0 Å². The fourth-order valence-electron chi connectivity index (χ4n) is 2.97. The van der Waals surface area contributed by atoms with E-state index in [9.17, 15) is 9.18 Å². The molecule has 6 heteroatoms. The van der Waals surface area contributed by atoms with Crippen LogP contribution in [0.3, 0.4) is 0 Å². The first kappa shape index (κ1) is 16.4. The smallest absolute Gasteiger partial charge is 0.270 e. The predicted octanol–water partition coefficient (Wildman–Crippen LogP) is 3.73. The van der Waals surface area contributed by atoms with E-state index in [0.717, 1.165) is 25.7 Å². The average Bonchev–Trinajstić information content (AvgIpc) is 2.55. The van der Waals surface area contributed by atoms with E-state index in [1.54, 1.807) is 25.1 Å². The lowest BCUT2D eigenvalue weighted by Crippen LogP contribution is -2.36. The Hall–Kier alpha value is -2.50. The molecule has 2 N–H and O–H groups in total. The number of amides is 1. The maximum absolute atomic E-state index is 13.3. The second kappa shape index (κ2) is 7.38. The molecule has 1 amide bonds. The van der Waals surface area contributed by atoms with Gasteiger partial charge in [-0.2, -0.15) is 0 Å². The van der Waals surface area contributed by atoms with Crippen molar-refractivity contribution in [2.24, 2.45) is 0 Å². The summed E-state index contributed by atoms with van der Waals surface area (Å²) in [6.07, 6.45) is 5.58. The molecule has 1 saturated carbocycles. The summed E-state index contributed by atoms with van der Waals surface area (Å²) in [5.41, 5.74) is 0.902. The Morgan fingerprint density at radius 1 is 1.17 bits per heavy atom. The minimum atomic E-state index is -0.332. The van der Waals surface area contributed by atoms with E-state index in [1.165, 1.54) is 18.6 Å². The van der Waals surface area contributed by atoms with Gasteiger partial charge < -0.3 is 10.6 Å². The highest BCUT2D eigenvalue weighted by Gasteiger charge is 2.18. The van der Waals surface area contributed by atoms with Gasteiger partial charge in [0.25, 0.3) is 5.91 Å². The lowest BCUT2D eigenvalue weighted by atomic mass is 9.95. The molecule has 2 aromatic rings. The van der Waals surface area contributed by atoms with Crippen LogP contribution in [-0.4, -0.2) is 21.9 Å². The Labute approximate surface area is 140 Å². The second-order valence-electron chi connectivity index (χ2n) is 6.13. The minimum Gasteiger partial charge on any atom is -0.348 e. The highest BCUT2D eigenvalue weighted by Crippen LogP contribution is 2.19. The minimum absolute atomic E-state index is 0.185. The monoisotopic (exact) mass is 328 g/mol. The number of aryl methyl sites for hydroxylation is 1. The Morgan fingerprint density at radius 3 is 2.71 bits per heavy atom. The highest BCUT2D eigenvalue weighted by atomic mass is 19.1. The molecule has 1 aromatic heterocycles. The van der Waals surface area contributed by atoms with Gasteiger partial charge in [-0.15, -0.1) is 0 Å². The molecule has 1 aliphatic carbocycles. The molecule has 126 valence electrons. The van der Waals surface area contributed by atoms with Crippen LogP contribution < -0.4 is 10.6 Å². The molecule has 1 aliphatic rings. The van der Waals surface area contributed by atoms with Crippen molar-refractivity contribution in [1.29, 1.82) is 0 Å². The zero-order valence-corrected chi connectivity index (χ0v) is 13.7. The summed E-state index contributed by atoms with van der Waals surface area (Å²) in [5.74, 6) is 0.447. The SMILES string of the molecule is Cc1nc(Nc2cccc(F)c2)cc(C(=O)NC2CCCCC2)n1. The molecule has 0 unspecified atom stereocenters. The van der Waals surface area contributed by atoms with Crippen LogP contribution in [0.2, 0.25) is 0 Å². The zero-order valence-electron chi connectivity index (χ0n) is 13.7. The molecule has 0 aliphatic heterocycles. The molecule has 0 radical (unpaired) electrons. The molecule has 0 saturated heterocycles. The Balaban J connectivity index is 1.74. The van der Waals surface area contributed by atoms with Crippen LogP contribution in [0.1, 0.15) is 48.4 Å². The van der Waals surface area contributed by atoms with E-state index in [2.05, 4.69) is 20.6 Å². The number of halogens is 1. The first-order chi connectivity index (χ1) is 11.6. The number of hydrogen-bond donors (Lipinski definition) is 2. The van der Waals surface area contributed by atoms with Crippen molar-refractivity contribution < 1.29 is 9.18 Å². The van der Waals surface area contributed by atoms with Gasteiger partial charge in [0, 0.05) is 17.8 Å². The Kier molecular flexibility index (Phi) is 5.03. The Bertz CT molecular complexity index is 729. The van der Waals surface area contributed by atoms with Crippen molar-refractivity contribution in [2.75, 3.05) is 5.32 Å². The molecule has 1 aromatic carbocycles. The van der Waals surface area contributed by atoms with E-state index < -0.39 is 0 Å². The molecule has 3 rings (SSSR count). The molecule has 0 bridgehead atoms. The van der Waals surface area contributed by atoms with Crippen molar-refractivity contribution >= 4 is 17.4 Å². The van der Waals surface area contributed by atoms with Gasteiger partial charge in [0.05, 0.1) is 0 Å². The summed E-state index contributed by atoms with van der Waals surface area (Å²) in [6, 6.07) is 7.92. The Morgan fingerprint density at radius 2 is 1.96 bits per heavy atom. The number of carbonyl (C=O) groups excluding carboxylic acids is 1. The second-order valence-corrected chi connectivity index (χ2v) is 6.13. The van der Waals surface area contributed by atoms with E-state index in [1.807, 2.05) is 0 Å². The van der Waals surface area contributed by atoms with Crippen molar-refractivity contribution in [1.82, 2.24) is 15.3 Å². The van der Waals surface area contributed by atoms with Gasteiger partial charge in [-0.25, -0.2) is 14.4 Å². The van der Waals surface area contributed by atoms with Crippen LogP contribution in [0.25, 0.3) is 0 Å². The van der Waals surface area contributed by atoms with Crippen molar-refractivity contribution in [2.45, 2.75) is 45.1 Å². The van der Waals surface area contributed by atoms with Gasteiger partial charge in [-0.1, -0.05) is 25.3 Å². The summed E-state index contributed by atoms with van der Waals surface area (Å²) in [7, 11) is 0. The molecular weight excluding hydrogens is 307 g/mol. The lowest BCUT2D eigenvalue weighted by molar-refractivity contribution is 0.0922. The topological polar surface area (TPSA) is 66.9 Å². The molecule has 0 spiro atoms. The molecule has 1 fully saturated rings. The number of anilines is 2. The van der Waals surface area contributed by atoms with E-state index in [4.69, 9.17) is 0 Å². The number of rotatable bonds is 4. The maximum atomic E-state index is 13.3. The highest BCUT2D eigenvalue weighted by molar-refractivity contribution is 5.93. The van der Waals surface area contributed by atoms with E-state index >= 15 is 0 Å².